The molecule has 0 aliphatic carbocycles. The molecule has 25 heavy (non-hydrogen) atoms. The molecule has 3 aromatic carbocycles. The maximum absolute atomic E-state index is 13.7. The van der Waals surface area contributed by atoms with Crippen molar-refractivity contribution in [2.75, 3.05) is 0 Å². The van der Waals surface area contributed by atoms with E-state index >= 15 is 0 Å². The van der Waals surface area contributed by atoms with Crippen molar-refractivity contribution >= 4 is 0 Å². The summed E-state index contributed by atoms with van der Waals surface area (Å²) in [5, 5.41) is 11.5. The number of tetrazole rings is 1. The quantitative estimate of drug-likeness (QED) is 0.565. The van der Waals surface area contributed by atoms with Crippen molar-refractivity contribution in [1.82, 2.24) is 20.2 Å². The fourth-order valence-electron chi connectivity index (χ4n) is 2.95. The minimum atomic E-state index is -0.282. The molecule has 0 aliphatic heterocycles. The third-order valence-electron chi connectivity index (χ3n) is 4.13. The number of nitrogens with zero attached hydrogens (tertiary/aromatic N) is 4. The molecular weight excluding hydrogens is 315 g/mol. The maximum Gasteiger partial charge on any atom is 0.139 e. The molecule has 0 aliphatic rings. The zero-order chi connectivity index (χ0) is 17.1. The summed E-state index contributed by atoms with van der Waals surface area (Å²) < 4.78 is 15.3. The van der Waals surface area contributed by atoms with E-state index in [0.29, 0.717) is 0 Å². The van der Waals surface area contributed by atoms with Crippen LogP contribution in [0, 0.1) is 5.82 Å². The van der Waals surface area contributed by atoms with Crippen LogP contribution in [0.5, 0.6) is 0 Å². The van der Waals surface area contributed by atoms with Crippen LogP contribution in [0.25, 0.3) is 11.1 Å². The zero-order valence-corrected chi connectivity index (χ0v) is 13.3. The van der Waals surface area contributed by atoms with Crippen LogP contribution in [0.4, 0.5) is 4.39 Å². The van der Waals surface area contributed by atoms with Crippen LogP contribution in [0.3, 0.4) is 0 Å². The molecule has 1 aromatic heterocycles. The fourth-order valence-corrected chi connectivity index (χ4v) is 2.95. The molecule has 4 aromatic rings. The van der Waals surface area contributed by atoms with E-state index in [1.807, 2.05) is 36.4 Å². The Morgan fingerprint density at radius 3 is 2.20 bits per heavy atom. The van der Waals surface area contributed by atoms with Crippen molar-refractivity contribution in [3.05, 3.63) is 102 Å². The van der Waals surface area contributed by atoms with Gasteiger partial charge >= 0.3 is 0 Å². The van der Waals surface area contributed by atoms with Gasteiger partial charge in [0.2, 0.25) is 0 Å². The second-order valence-corrected chi connectivity index (χ2v) is 5.74. The zero-order valence-electron chi connectivity index (χ0n) is 13.3. The third kappa shape index (κ3) is 3.17. The van der Waals surface area contributed by atoms with Crippen LogP contribution < -0.4 is 0 Å². The van der Waals surface area contributed by atoms with Crippen LogP contribution in [-0.2, 0) is 0 Å². The molecular formula is C20H15FN4. The Labute approximate surface area is 144 Å². The fraction of sp³-hybridized carbons (Fsp3) is 0.0500. The number of hydrogen-bond donors (Lipinski definition) is 0. The highest BCUT2D eigenvalue weighted by molar-refractivity contribution is 5.63. The summed E-state index contributed by atoms with van der Waals surface area (Å²) in [4.78, 5) is 0. The highest BCUT2D eigenvalue weighted by Gasteiger charge is 2.18. The average Bonchev–Trinajstić information content (AvgIpc) is 3.18. The van der Waals surface area contributed by atoms with E-state index in [1.165, 1.54) is 12.1 Å². The van der Waals surface area contributed by atoms with Gasteiger partial charge in [-0.1, -0.05) is 66.7 Å². The van der Waals surface area contributed by atoms with Gasteiger partial charge < -0.3 is 0 Å². The number of rotatable bonds is 4. The SMILES string of the molecule is Fc1cccc(C(c2ccc(-c3ccccc3)cc2)n2cnnn2)c1. The lowest BCUT2D eigenvalue weighted by Crippen LogP contribution is -2.13. The molecule has 0 spiro atoms. The summed E-state index contributed by atoms with van der Waals surface area (Å²) in [6.07, 6.45) is 1.54. The van der Waals surface area contributed by atoms with E-state index in [-0.39, 0.29) is 11.9 Å². The van der Waals surface area contributed by atoms with Crippen molar-refractivity contribution in [2.24, 2.45) is 0 Å². The Kier molecular flexibility index (Phi) is 4.04. The lowest BCUT2D eigenvalue weighted by atomic mass is 9.96. The Bertz CT molecular complexity index is 951. The topological polar surface area (TPSA) is 43.6 Å². The van der Waals surface area contributed by atoms with Gasteiger partial charge in [0.25, 0.3) is 0 Å². The molecule has 4 rings (SSSR count). The lowest BCUT2D eigenvalue weighted by Gasteiger charge is -2.18. The lowest BCUT2D eigenvalue weighted by molar-refractivity contribution is 0.563. The first kappa shape index (κ1) is 15.2. The Balaban J connectivity index is 1.75. The molecule has 4 nitrogen and oxygen atoms in total. The van der Waals surface area contributed by atoms with E-state index in [2.05, 4.69) is 39.8 Å². The van der Waals surface area contributed by atoms with Crippen LogP contribution in [0.2, 0.25) is 0 Å². The van der Waals surface area contributed by atoms with Crippen LogP contribution in [0.1, 0.15) is 17.2 Å². The Morgan fingerprint density at radius 2 is 1.52 bits per heavy atom. The summed E-state index contributed by atoms with van der Waals surface area (Å²) >= 11 is 0. The first-order chi connectivity index (χ1) is 12.3. The minimum absolute atomic E-state index is 0.281. The molecule has 122 valence electrons. The summed E-state index contributed by atoms with van der Waals surface area (Å²) in [6, 6.07) is 24.6. The van der Waals surface area contributed by atoms with Crippen molar-refractivity contribution in [3.8, 4) is 11.1 Å². The first-order valence-corrected chi connectivity index (χ1v) is 7.94. The van der Waals surface area contributed by atoms with E-state index in [4.69, 9.17) is 0 Å². The summed E-state index contributed by atoms with van der Waals surface area (Å²) in [5.74, 6) is -0.281. The molecule has 0 N–H and O–H groups in total. The highest BCUT2D eigenvalue weighted by atomic mass is 19.1. The molecule has 0 saturated carbocycles. The molecule has 1 unspecified atom stereocenters. The van der Waals surface area contributed by atoms with E-state index < -0.39 is 0 Å². The van der Waals surface area contributed by atoms with Gasteiger partial charge in [-0.3, -0.25) is 0 Å². The summed E-state index contributed by atoms with van der Waals surface area (Å²) in [6.45, 7) is 0. The average molecular weight is 330 g/mol. The van der Waals surface area contributed by atoms with Crippen LogP contribution >= 0.6 is 0 Å². The Hall–Kier alpha value is -3.34. The van der Waals surface area contributed by atoms with E-state index in [0.717, 1.165) is 22.3 Å². The number of halogens is 1. The van der Waals surface area contributed by atoms with Crippen molar-refractivity contribution in [1.29, 1.82) is 0 Å². The standard InChI is InChI=1S/C20H15FN4/c21-19-8-4-7-18(13-19)20(25-14-22-23-24-25)17-11-9-16(10-12-17)15-5-2-1-3-6-15/h1-14,20H. The Morgan fingerprint density at radius 1 is 0.760 bits per heavy atom. The van der Waals surface area contributed by atoms with Gasteiger partial charge in [0, 0.05) is 0 Å². The molecule has 5 heteroatoms. The molecule has 0 bridgehead atoms. The normalized spacial score (nSPS) is 12.0. The monoisotopic (exact) mass is 330 g/mol. The predicted molar refractivity (Wildman–Crippen MR) is 93.3 cm³/mol. The molecule has 1 heterocycles. The number of aromatic nitrogens is 4. The maximum atomic E-state index is 13.7. The second-order valence-electron chi connectivity index (χ2n) is 5.74. The molecule has 0 amide bonds. The van der Waals surface area contributed by atoms with Crippen LogP contribution in [-0.4, -0.2) is 20.2 Å². The van der Waals surface area contributed by atoms with E-state index in [9.17, 15) is 4.39 Å². The number of benzene rings is 3. The van der Waals surface area contributed by atoms with Gasteiger partial charge in [0.05, 0.1) is 0 Å². The summed E-state index contributed by atoms with van der Waals surface area (Å²) in [5.41, 5.74) is 4.05. The van der Waals surface area contributed by atoms with Crippen molar-refractivity contribution in [2.45, 2.75) is 6.04 Å². The second kappa shape index (κ2) is 6.65. The third-order valence-corrected chi connectivity index (χ3v) is 4.13. The van der Waals surface area contributed by atoms with E-state index in [1.54, 1.807) is 17.1 Å². The molecule has 0 fully saturated rings. The first-order valence-electron chi connectivity index (χ1n) is 7.94. The van der Waals surface area contributed by atoms with Gasteiger partial charge in [-0.2, -0.15) is 0 Å². The summed E-state index contributed by atoms with van der Waals surface area (Å²) in [7, 11) is 0. The molecule has 0 radical (unpaired) electrons. The largest absolute Gasteiger partial charge is 0.221 e. The van der Waals surface area contributed by atoms with Gasteiger partial charge in [0.1, 0.15) is 18.2 Å². The van der Waals surface area contributed by atoms with Gasteiger partial charge in [-0.25, -0.2) is 9.07 Å². The van der Waals surface area contributed by atoms with Gasteiger partial charge in [-0.05, 0) is 44.8 Å². The van der Waals surface area contributed by atoms with Crippen molar-refractivity contribution in [3.63, 3.8) is 0 Å². The van der Waals surface area contributed by atoms with Crippen LogP contribution in [0.15, 0.2) is 85.2 Å². The molecule has 1 atom stereocenters. The smallest absolute Gasteiger partial charge is 0.139 e. The highest BCUT2D eigenvalue weighted by Crippen LogP contribution is 2.28. The molecule has 0 saturated heterocycles. The van der Waals surface area contributed by atoms with Crippen molar-refractivity contribution < 1.29 is 4.39 Å². The predicted octanol–water partition coefficient (Wildman–Crippen LogP) is 4.12. The minimum Gasteiger partial charge on any atom is -0.221 e. The van der Waals surface area contributed by atoms with Gasteiger partial charge in [0.15, 0.2) is 0 Å². The number of hydrogen-bond acceptors (Lipinski definition) is 3. The van der Waals surface area contributed by atoms with Gasteiger partial charge in [-0.15, -0.1) is 5.10 Å².